The maximum Gasteiger partial charge on any atom is 0.305 e. The van der Waals surface area contributed by atoms with Crippen LogP contribution in [0.3, 0.4) is 0 Å². The summed E-state index contributed by atoms with van der Waals surface area (Å²) in [4.78, 5) is 27.9. The summed E-state index contributed by atoms with van der Waals surface area (Å²) < 4.78 is 5.02. The molecule has 0 unspecified atom stereocenters. The summed E-state index contributed by atoms with van der Waals surface area (Å²) in [7, 11) is 1.43. The molecule has 0 radical (unpaired) electrons. The Balaban J connectivity index is 1.45. The Morgan fingerprint density at radius 2 is 1.68 bits per heavy atom. The molecule has 9 heteroatoms. The maximum atomic E-state index is 12.3. The van der Waals surface area contributed by atoms with Crippen LogP contribution in [-0.4, -0.2) is 45.5 Å². The van der Waals surface area contributed by atoms with Crippen molar-refractivity contribution in [2.24, 2.45) is 26.8 Å². The minimum Gasteiger partial charge on any atom is -0.511 e. The summed E-state index contributed by atoms with van der Waals surface area (Å²) >= 11 is 0. The molecule has 5 aliphatic heterocycles. The number of aromatic nitrogens is 2. The lowest BCUT2D eigenvalue weighted by molar-refractivity contribution is -0.140. The van der Waals surface area contributed by atoms with Gasteiger partial charge >= 0.3 is 5.97 Å². The predicted octanol–water partition coefficient (Wildman–Crippen LogP) is 7.19. The number of methoxy groups -OCH3 is 1. The van der Waals surface area contributed by atoms with Gasteiger partial charge in [0.1, 0.15) is 5.76 Å². The van der Waals surface area contributed by atoms with E-state index >= 15 is 0 Å². The van der Waals surface area contributed by atoms with Gasteiger partial charge in [-0.15, -0.1) is 0 Å². The molecular weight excluding hydrogens is 588 g/mol. The highest BCUT2D eigenvalue weighted by molar-refractivity contribution is 6.21. The van der Waals surface area contributed by atoms with Crippen LogP contribution in [0.5, 0.6) is 0 Å². The molecule has 1 fully saturated rings. The highest BCUT2D eigenvalue weighted by Crippen LogP contribution is 2.46. The molecule has 3 N–H and O–H groups in total. The molecular formula is C38H42N6O3. The van der Waals surface area contributed by atoms with Crippen LogP contribution in [0.15, 0.2) is 106 Å². The van der Waals surface area contributed by atoms with Crippen LogP contribution in [0.4, 0.5) is 0 Å². The number of aliphatic hydroxyl groups excluding tert-OH is 1. The Labute approximate surface area is 275 Å². The molecule has 9 nitrogen and oxygen atoms in total. The number of carbonyl (C=O) groups is 1. The molecule has 47 heavy (non-hydrogen) atoms. The summed E-state index contributed by atoms with van der Waals surface area (Å²) in [6, 6.07) is 0. The summed E-state index contributed by atoms with van der Waals surface area (Å²) in [5.74, 6) is 0.185. The molecule has 0 saturated carbocycles. The molecule has 6 heterocycles. The number of ether oxygens (including phenoxy) is 1. The number of fused-ring (bicyclic) bond motifs is 5. The third-order valence-electron chi connectivity index (χ3n) is 10.7. The van der Waals surface area contributed by atoms with E-state index in [2.05, 4.69) is 68.4 Å². The molecule has 1 aromatic heterocycles. The van der Waals surface area contributed by atoms with E-state index in [0.717, 1.165) is 96.9 Å². The van der Waals surface area contributed by atoms with Gasteiger partial charge in [0.25, 0.3) is 0 Å². The van der Waals surface area contributed by atoms with Crippen molar-refractivity contribution in [3.8, 4) is 0 Å². The molecule has 6 aliphatic rings. The molecule has 1 saturated heterocycles. The first-order chi connectivity index (χ1) is 22.5. The monoisotopic (exact) mass is 630 g/mol. The van der Waals surface area contributed by atoms with Gasteiger partial charge in [-0.05, 0) is 93.6 Å². The van der Waals surface area contributed by atoms with Gasteiger partial charge in [0.15, 0.2) is 0 Å². The van der Waals surface area contributed by atoms with Crippen LogP contribution >= 0.6 is 0 Å². The van der Waals surface area contributed by atoms with E-state index in [9.17, 15) is 9.90 Å². The Kier molecular flexibility index (Phi) is 7.53. The Morgan fingerprint density at radius 3 is 2.36 bits per heavy atom. The summed E-state index contributed by atoms with van der Waals surface area (Å²) in [5, 5.41) is 22.7. The number of nitrogens with one attached hydrogen (secondary N) is 2. The zero-order valence-electron chi connectivity index (χ0n) is 28.5. The lowest BCUT2D eigenvalue weighted by Crippen LogP contribution is -2.16. The largest absolute Gasteiger partial charge is 0.511 e. The standard InChI is InChI=1S/C38H42N6O3/c1-9-23-17(2)29-15-33-25(12-26-21(6)43-44-22(26)7)19(4)28(40-33)14-30-18(3)24(10-11-35(46)47-8)37(41-30)27-13-34(45)36-20(5)31(42-38(27)36)16-32(23)39-29/h14-16,18,24,41,45H,9-13H2,1-8H3,(H,43,44)/t18-,24-/m0/s1. The van der Waals surface area contributed by atoms with Crippen molar-refractivity contribution in [2.45, 2.75) is 80.6 Å². The topological polar surface area (TPSA) is 124 Å². The van der Waals surface area contributed by atoms with Crippen molar-refractivity contribution < 1.29 is 14.6 Å². The Morgan fingerprint density at radius 1 is 0.979 bits per heavy atom. The predicted molar refractivity (Wildman–Crippen MR) is 185 cm³/mol. The number of hydrogen-bond donors (Lipinski definition) is 3. The second kappa shape index (κ2) is 11.5. The first-order valence-electron chi connectivity index (χ1n) is 16.5. The van der Waals surface area contributed by atoms with Crippen molar-refractivity contribution in [3.05, 3.63) is 108 Å². The van der Waals surface area contributed by atoms with Gasteiger partial charge in [-0.25, -0.2) is 15.0 Å². The van der Waals surface area contributed by atoms with Gasteiger partial charge in [-0.2, -0.15) is 5.10 Å². The van der Waals surface area contributed by atoms with E-state index in [1.54, 1.807) is 0 Å². The third kappa shape index (κ3) is 4.94. The lowest BCUT2D eigenvalue weighted by Gasteiger charge is -2.17. The van der Waals surface area contributed by atoms with Gasteiger partial charge in [0.2, 0.25) is 0 Å². The number of aliphatic hydroxyl groups is 1. The van der Waals surface area contributed by atoms with E-state index < -0.39 is 0 Å². The van der Waals surface area contributed by atoms with Gasteiger partial charge in [0.05, 0.1) is 47.0 Å². The van der Waals surface area contributed by atoms with E-state index in [-0.39, 0.29) is 17.8 Å². The number of nitrogens with zero attached hydrogens (tertiary/aromatic N) is 4. The number of allylic oxidation sites excluding steroid dienone is 12. The highest BCUT2D eigenvalue weighted by Gasteiger charge is 2.41. The zero-order chi connectivity index (χ0) is 33.3. The van der Waals surface area contributed by atoms with Crippen molar-refractivity contribution in [1.82, 2.24) is 15.5 Å². The zero-order valence-corrected chi connectivity index (χ0v) is 28.5. The molecule has 0 amide bonds. The van der Waals surface area contributed by atoms with Crippen LogP contribution in [0, 0.1) is 25.7 Å². The van der Waals surface area contributed by atoms with Gasteiger partial charge < -0.3 is 15.2 Å². The van der Waals surface area contributed by atoms with Crippen LogP contribution in [0.1, 0.15) is 77.3 Å². The van der Waals surface area contributed by atoms with Crippen LogP contribution in [-0.2, 0) is 16.0 Å². The van der Waals surface area contributed by atoms with Crippen molar-refractivity contribution in [3.63, 3.8) is 0 Å². The minimum atomic E-state index is -0.232. The smallest absolute Gasteiger partial charge is 0.305 e. The first kappa shape index (κ1) is 30.8. The summed E-state index contributed by atoms with van der Waals surface area (Å²) in [6.45, 7) is 14.8. The lowest BCUT2D eigenvalue weighted by atomic mass is 9.86. The Hall–Kier alpha value is -4.79. The minimum absolute atomic E-state index is 0.0134. The number of aromatic amines is 1. The van der Waals surface area contributed by atoms with E-state index in [1.807, 2.05) is 13.8 Å². The van der Waals surface area contributed by atoms with Gasteiger partial charge in [0, 0.05) is 64.9 Å². The number of esters is 1. The van der Waals surface area contributed by atoms with Crippen molar-refractivity contribution >= 4 is 23.1 Å². The molecule has 0 aromatic carbocycles. The molecule has 1 aromatic rings. The fourth-order valence-corrected chi connectivity index (χ4v) is 7.77. The number of aryl methyl sites for hydroxylation is 2. The fourth-order valence-electron chi connectivity index (χ4n) is 7.77. The van der Waals surface area contributed by atoms with Gasteiger partial charge in [-0.3, -0.25) is 9.89 Å². The van der Waals surface area contributed by atoms with Crippen LogP contribution < -0.4 is 5.32 Å². The second-order valence-electron chi connectivity index (χ2n) is 13.3. The van der Waals surface area contributed by atoms with Crippen molar-refractivity contribution in [1.29, 1.82) is 0 Å². The van der Waals surface area contributed by atoms with E-state index in [0.29, 0.717) is 31.4 Å². The maximum absolute atomic E-state index is 12.3. The average molecular weight is 631 g/mol. The SMILES string of the molecule is CCC1=C(C)C2=NC1=CC1=C(C)C3=C(O)CC(=C4NC(=CC5=NC(=C2)C(Cc2c(C)n[nH]c2C)=C5C)[C@@H](C)[C@@H]4CCC(=O)OC)C3=N1. The average Bonchev–Trinajstić information content (AvgIpc) is 3.85. The van der Waals surface area contributed by atoms with E-state index in [1.165, 1.54) is 18.2 Å². The number of hydrogen-bond acceptors (Lipinski definition) is 8. The molecule has 0 spiro atoms. The summed E-state index contributed by atoms with van der Waals surface area (Å²) in [6.07, 6.45) is 9.21. The van der Waals surface area contributed by atoms with Gasteiger partial charge in [-0.1, -0.05) is 13.8 Å². The highest BCUT2D eigenvalue weighted by atomic mass is 16.5. The molecule has 7 rings (SSSR count). The van der Waals surface area contributed by atoms with Crippen molar-refractivity contribution in [2.75, 3.05) is 7.11 Å². The fraction of sp³-hybridized carbons (Fsp3) is 0.395. The third-order valence-corrected chi connectivity index (χ3v) is 10.7. The molecule has 2 atom stereocenters. The number of rotatable bonds is 6. The van der Waals surface area contributed by atoms with Crippen LogP contribution in [0.2, 0.25) is 0 Å². The molecule has 8 bridgehead atoms. The number of H-pyrrole nitrogens is 1. The number of aliphatic imine (C=N–C) groups is 3. The second-order valence-corrected chi connectivity index (χ2v) is 13.3. The first-order valence-corrected chi connectivity index (χ1v) is 16.5. The molecule has 1 aliphatic carbocycles. The molecule has 242 valence electrons. The normalized spacial score (nSPS) is 23.4. The van der Waals surface area contributed by atoms with E-state index in [4.69, 9.17) is 19.7 Å². The summed E-state index contributed by atoms with van der Waals surface area (Å²) in [5.41, 5.74) is 17.8. The Bertz CT molecular complexity index is 1990. The van der Waals surface area contributed by atoms with Crippen LogP contribution in [0.25, 0.3) is 0 Å². The quantitative estimate of drug-likeness (QED) is 0.287. The number of carbonyl (C=O) groups excluding carboxylic acids is 1.